The Bertz CT molecular complexity index is 1190. The summed E-state index contributed by atoms with van der Waals surface area (Å²) in [4.78, 5) is 35.5. The molecule has 0 saturated heterocycles. The number of nitrogens with one attached hydrogen (secondary N) is 2. The van der Waals surface area contributed by atoms with E-state index in [4.69, 9.17) is 16.7 Å². The van der Waals surface area contributed by atoms with Crippen molar-refractivity contribution < 1.29 is 36.3 Å². The van der Waals surface area contributed by atoms with Crippen molar-refractivity contribution in [3.8, 4) is 0 Å². The summed E-state index contributed by atoms with van der Waals surface area (Å²) in [6.45, 7) is 3.59. The number of hydrogen-bond donors (Lipinski definition) is 4. The molecule has 1 aliphatic heterocycles. The number of primary sulfonamides is 1. The van der Waals surface area contributed by atoms with Gasteiger partial charge in [0, 0.05) is 18.6 Å². The van der Waals surface area contributed by atoms with E-state index in [-0.39, 0.29) is 21.6 Å². The van der Waals surface area contributed by atoms with Crippen LogP contribution in [0.4, 0.5) is 5.69 Å². The Morgan fingerprint density at radius 1 is 1.30 bits per heavy atom. The first kappa shape index (κ1) is 27.3. The number of nitrogens with zero attached hydrogens (tertiary/aromatic N) is 1. The Balaban J connectivity index is 2.41. The van der Waals surface area contributed by atoms with E-state index in [0.717, 1.165) is 28.8 Å². The highest BCUT2D eigenvalue weighted by molar-refractivity contribution is 8.13. The second-order valence-electron chi connectivity index (χ2n) is 7.37. The highest BCUT2D eigenvalue weighted by Gasteiger charge is 2.38. The normalized spacial score (nSPS) is 19.0. The van der Waals surface area contributed by atoms with Crippen molar-refractivity contribution in [1.82, 2.24) is 9.62 Å². The summed E-state index contributed by atoms with van der Waals surface area (Å²) in [5, 5.41) is 16.6. The highest BCUT2D eigenvalue weighted by atomic mass is 35.5. The molecule has 1 amide bonds. The van der Waals surface area contributed by atoms with Gasteiger partial charge in [-0.2, -0.15) is 4.72 Å². The molecule has 184 valence electrons. The van der Waals surface area contributed by atoms with Crippen molar-refractivity contribution in [2.24, 2.45) is 11.1 Å². The maximum absolute atomic E-state index is 12.9. The first-order chi connectivity index (χ1) is 15.0. The third-order valence-electron chi connectivity index (χ3n) is 4.74. The van der Waals surface area contributed by atoms with Crippen molar-refractivity contribution in [1.29, 1.82) is 0 Å². The number of hydrogen-bond acceptors (Lipinski definition) is 9. The minimum absolute atomic E-state index is 0.0501. The lowest BCUT2D eigenvalue weighted by atomic mass is 10.1. The van der Waals surface area contributed by atoms with Gasteiger partial charge in [0.2, 0.25) is 26.0 Å². The molecule has 16 heteroatoms. The summed E-state index contributed by atoms with van der Waals surface area (Å²) in [5.74, 6) is -2.51. The summed E-state index contributed by atoms with van der Waals surface area (Å²) >= 11 is 6.88. The average Bonchev–Trinajstić information content (AvgIpc) is 2.66. The Labute approximate surface area is 200 Å². The smallest absolute Gasteiger partial charge is 0.323 e. The molecule has 1 heterocycles. The molecule has 0 bridgehead atoms. The minimum atomic E-state index is -4.30. The van der Waals surface area contributed by atoms with Gasteiger partial charge in [0.1, 0.15) is 22.5 Å². The van der Waals surface area contributed by atoms with Gasteiger partial charge in [-0.15, -0.1) is 0 Å². The number of aliphatic carboxylic acids is 1. The molecule has 3 atom stereocenters. The molecule has 0 radical (unpaired) electrons. The van der Waals surface area contributed by atoms with Gasteiger partial charge in [0.15, 0.2) is 5.12 Å². The van der Waals surface area contributed by atoms with E-state index in [9.17, 15) is 36.3 Å². The van der Waals surface area contributed by atoms with Crippen LogP contribution in [-0.2, 0) is 34.4 Å². The SMILES string of the molecule is CC(=O)SCC(C)C(=O)N(CC(=O)O)C(C)C1Nc2cc(Cl)c(S(N)(=O)=O)cc2S(=O)(=O)N1. The summed E-state index contributed by atoms with van der Waals surface area (Å²) in [7, 11) is -8.59. The van der Waals surface area contributed by atoms with Crippen LogP contribution in [0.1, 0.15) is 20.8 Å². The van der Waals surface area contributed by atoms with E-state index < -0.39 is 66.4 Å². The van der Waals surface area contributed by atoms with E-state index >= 15 is 0 Å². The Kier molecular flexibility index (Phi) is 8.41. The number of halogens is 1. The number of carboxylic acid groups (broad SMARTS) is 1. The molecule has 12 nitrogen and oxygen atoms in total. The molecule has 0 aromatic heterocycles. The van der Waals surface area contributed by atoms with Gasteiger partial charge >= 0.3 is 5.97 Å². The van der Waals surface area contributed by atoms with Crippen LogP contribution in [-0.4, -0.2) is 68.3 Å². The zero-order valence-corrected chi connectivity index (χ0v) is 20.9. The van der Waals surface area contributed by atoms with Gasteiger partial charge < -0.3 is 15.3 Å². The standard InChI is InChI=1S/C17H23ClN4O8S3/c1-8(7-31-10(3)23)17(26)22(6-15(24)25)9(2)16-20-12-4-11(18)13(32(19,27)28)5-14(12)33(29,30)21-16/h4-5,8-9,16,20-21H,6-7H2,1-3H3,(H,24,25)(H2,19,27,28). The number of nitrogens with two attached hydrogens (primary N) is 1. The topological polar surface area (TPSA) is 193 Å². The predicted octanol–water partition coefficient (Wildman–Crippen LogP) is 0.235. The van der Waals surface area contributed by atoms with E-state index in [1.54, 1.807) is 0 Å². The molecule has 0 aliphatic carbocycles. The third-order valence-corrected chi connectivity index (χ3v) is 8.67. The van der Waals surface area contributed by atoms with Crippen molar-refractivity contribution in [2.75, 3.05) is 17.6 Å². The molecule has 3 unspecified atom stereocenters. The number of thioether (sulfide) groups is 1. The van der Waals surface area contributed by atoms with E-state index in [0.29, 0.717) is 0 Å². The molecule has 5 N–H and O–H groups in total. The largest absolute Gasteiger partial charge is 0.480 e. The molecule has 0 saturated carbocycles. The van der Waals surface area contributed by atoms with Crippen LogP contribution in [0.3, 0.4) is 0 Å². The molecular weight excluding hydrogens is 520 g/mol. The van der Waals surface area contributed by atoms with Crippen molar-refractivity contribution in [3.05, 3.63) is 17.2 Å². The van der Waals surface area contributed by atoms with Crippen LogP contribution in [0.15, 0.2) is 21.9 Å². The zero-order valence-electron chi connectivity index (χ0n) is 17.7. The van der Waals surface area contributed by atoms with Crippen LogP contribution in [0.5, 0.6) is 0 Å². The average molecular weight is 543 g/mol. The summed E-state index contributed by atoms with van der Waals surface area (Å²) in [5.41, 5.74) is -0.0501. The van der Waals surface area contributed by atoms with E-state index in [2.05, 4.69) is 10.0 Å². The lowest BCUT2D eigenvalue weighted by Gasteiger charge is -2.38. The van der Waals surface area contributed by atoms with Crippen molar-refractivity contribution in [2.45, 2.75) is 42.8 Å². The van der Waals surface area contributed by atoms with Gasteiger partial charge in [-0.25, -0.2) is 22.0 Å². The summed E-state index contributed by atoms with van der Waals surface area (Å²) in [6.07, 6.45) is -1.17. The maximum atomic E-state index is 12.9. The summed E-state index contributed by atoms with van der Waals surface area (Å²) in [6, 6.07) is 0.882. The first-order valence-electron chi connectivity index (χ1n) is 9.35. The molecule has 1 aromatic rings. The Morgan fingerprint density at radius 2 is 1.91 bits per heavy atom. The maximum Gasteiger partial charge on any atom is 0.323 e. The quantitative estimate of drug-likeness (QED) is 0.353. The number of benzene rings is 1. The minimum Gasteiger partial charge on any atom is -0.480 e. The number of amides is 1. The van der Waals surface area contributed by atoms with Crippen molar-refractivity contribution in [3.63, 3.8) is 0 Å². The van der Waals surface area contributed by atoms with Crippen LogP contribution >= 0.6 is 23.4 Å². The van der Waals surface area contributed by atoms with Gasteiger partial charge in [0.25, 0.3) is 0 Å². The molecule has 0 spiro atoms. The number of sulfonamides is 2. The van der Waals surface area contributed by atoms with Crippen LogP contribution in [0.2, 0.25) is 5.02 Å². The molecular formula is C17H23ClN4O8S3. The van der Waals surface area contributed by atoms with E-state index in [1.165, 1.54) is 20.8 Å². The Hall–Kier alpha value is -1.91. The fourth-order valence-electron chi connectivity index (χ4n) is 3.08. The number of rotatable bonds is 8. The fraction of sp³-hybridized carbons (Fsp3) is 0.471. The molecule has 2 rings (SSSR count). The Morgan fingerprint density at radius 3 is 2.42 bits per heavy atom. The second kappa shape index (κ2) is 10.1. The van der Waals surface area contributed by atoms with Gasteiger partial charge in [0.05, 0.1) is 16.8 Å². The zero-order chi connectivity index (χ0) is 25.3. The molecule has 1 aliphatic rings. The number of carboxylic acids is 1. The third kappa shape index (κ3) is 6.58. The van der Waals surface area contributed by atoms with E-state index in [1.807, 2.05) is 0 Å². The first-order valence-corrected chi connectivity index (χ1v) is 13.7. The van der Waals surface area contributed by atoms with Crippen LogP contribution in [0, 0.1) is 5.92 Å². The number of carbonyl (C=O) groups is 3. The number of anilines is 1. The number of fused-ring (bicyclic) bond motifs is 1. The molecule has 0 fully saturated rings. The fourth-order valence-corrected chi connectivity index (χ4v) is 6.28. The monoisotopic (exact) mass is 542 g/mol. The molecule has 33 heavy (non-hydrogen) atoms. The lowest BCUT2D eigenvalue weighted by molar-refractivity contribution is -0.147. The van der Waals surface area contributed by atoms with Crippen LogP contribution in [0.25, 0.3) is 0 Å². The summed E-state index contributed by atoms with van der Waals surface area (Å²) < 4.78 is 51.3. The number of carbonyl (C=O) groups excluding carboxylic acids is 2. The van der Waals surface area contributed by atoms with Gasteiger partial charge in [-0.1, -0.05) is 30.3 Å². The highest BCUT2D eigenvalue weighted by Crippen LogP contribution is 2.34. The van der Waals surface area contributed by atoms with Crippen molar-refractivity contribution >= 4 is 66.1 Å². The van der Waals surface area contributed by atoms with Gasteiger partial charge in [-0.3, -0.25) is 14.4 Å². The van der Waals surface area contributed by atoms with Crippen LogP contribution < -0.4 is 15.2 Å². The molecule has 1 aromatic carbocycles. The lowest BCUT2D eigenvalue weighted by Crippen LogP contribution is -2.59. The van der Waals surface area contributed by atoms with Gasteiger partial charge in [-0.05, 0) is 19.1 Å². The second-order valence-corrected chi connectivity index (χ2v) is 12.2. The predicted molar refractivity (Wildman–Crippen MR) is 122 cm³/mol.